The zero-order chi connectivity index (χ0) is 8.55. The summed E-state index contributed by atoms with van der Waals surface area (Å²) in [6, 6.07) is 0.206. The summed E-state index contributed by atoms with van der Waals surface area (Å²) in [4.78, 5) is 10.6. The number of hydrogen-bond donors (Lipinski definition) is 1. The molecule has 1 fully saturated rings. The van der Waals surface area contributed by atoms with Crippen LogP contribution in [0.15, 0.2) is 12.4 Å². The molecular weight excluding hydrogens is 154 g/mol. The van der Waals surface area contributed by atoms with Gasteiger partial charge in [-0.1, -0.05) is 0 Å². The minimum absolute atomic E-state index is 0.129. The van der Waals surface area contributed by atoms with Gasteiger partial charge < -0.3 is 5.32 Å². The lowest BCUT2D eigenvalue weighted by Gasteiger charge is -2.25. The summed E-state index contributed by atoms with van der Waals surface area (Å²) in [7, 11) is 0. The van der Waals surface area contributed by atoms with E-state index >= 15 is 0 Å². The largest absolute Gasteiger partial charge is 0.349 e. The first kappa shape index (κ1) is 7.34. The molecule has 1 saturated heterocycles. The highest BCUT2D eigenvalue weighted by Gasteiger charge is 2.27. The molecule has 1 aromatic rings. The number of rotatable bonds is 2. The lowest BCUT2D eigenvalue weighted by Crippen LogP contribution is -2.41. The SMILES string of the molecule is CCn1cc(C2CC(=O)N2)cn1. The summed E-state index contributed by atoms with van der Waals surface area (Å²) < 4.78 is 1.86. The second kappa shape index (κ2) is 2.62. The van der Waals surface area contributed by atoms with E-state index in [2.05, 4.69) is 10.4 Å². The molecule has 4 heteroatoms. The third-order valence-electron chi connectivity index (χ3n) is 2.10. The van der Waals surface area contributed by atoms with Gasteiger partial charge in [-0.05, 0) is 6.92 Å². The van der Waals surface area contributed by atoms with Crippen molar-refractivity contribution < 1.29 is 4.79 Å². The smallest absolute Gasteiger partial charge is 0.222 e. The van der Waals surface area contributed by atoms with Crippen LogP contribution < -0.4 is 5.32 Å². The molecule has 0 aromatic carbocycles. The van der Waals surface area contributed by atoms with E-state index in [0.29, 0.717) is 6.42 Å². The lowest BCUT2D eigenvalue weighted by atomic mass is 10.0. The number of nitrogens with one attached hydrogen (secondary N) is 1. The Morgan fingerprint density at radius 3 is 3.08 bits per heavy atom. The van der Waals surface area contributed by atoms with E-state index in [4.69, 9.17) is 0 Å². The monoisotopic (exact) mass is 165 g/mol. The van der Waals surface area contributed by atoms with Gasteiger partial charge in [-0.3, -0.25) is 9.48 Å². The normalized spacial score (nSPS) is 21.8. The highest BCUT2D eigenvalue weighted by Crippen LogP contribution is 2.22. The molecule has 64 valence electrons. The molecule has 1 N–H and O–H groups in total. The molecular formula is C8H11N3O. The Morgan fingerprint density at radius 1 is 1.83 bits per heavy atom. The van der Waals surface area contributed by atoms with Gasteiger partial charge in [-0.25, -0.2) is 0 Å². The van der Waals surface area contributed by atoms with Crippen molar-refractivity contribution in [1.82, 2.24) is 15.1 Å². The summed E-state index contributed by atoms with van der Waals surface area (Å²) in [5.41, 5.74) is 1.11. The number of aryl methyl sites for hydroxylation is 1. The van der Waals surface area contributed by atoms with Crippen LogP contribution in [0.2, 0.25) is 0 Å². The van der Waals surface area contributed by atoms with Gasteiger partial charge in [-0.2, -0.15) is 5.10 Å². The topological polar surface area (TPSA) is 46.9 Å². The quantitative estimate of drug-likeness (QED) is 0.647. The summed E-state index contributed by atoms with van der Waals surface area (Å²) >= 11 is 0. The summed E-state index contributed by atoms with van der Waals surface area (Å²) in [6.07, 6.45) is 4.40. The molecule has 1 atom stereocenters. The van der Waals surface area contributed by atoms with Crippen LogP contribution in [0.3, 0.4) is 0 Å². The molecule has 0 radical (unpaired) electrons. The van der Waals surface area contributed by atoms with Crippen LogP contribution in [-0.4, -0.2) is 15.7 Å². The fourth-order valence-electron chi connectivity index (χ4n) is 1.29. The first-order valence-electron chi connectivity index (χ1n) is 4.11. The number of amides is 1. The Balaban J connectivity index is 2.08. The van der Waals surface area contributed by atoms with Crippen molar-refractivity contribution in [3.8, 4) is 0 Å². The molecule has 1 unspecified atom stereocenters. The predicted molar refractivity (Wildman–Crippen MR) is 43.4 cm³/mol. The highest BCUT2D eigenvalue weighted by atomic mass is 16.2. The molecule has 1 aliphatic heterocycles. The molecule has 1 aromatic heterocycles. The van der Waals surface area contributed by atoms with Crippen LogP contribution in [0.5, 0.6) is 0 Å². The fourth-order valence-corrected chi connectivity index (χ4v) is 1.29. The van der Waals surface area contributed by atoms with Gasteiger partial charge in [0.1, 0.15) is 0 Å². The molecule has 0 bridgehead atoms. The average molecular weight is 165 g/mol. The third kappa shape index (κ3) is 1.09. The summed E-state index contributed by atoms with van der Waals surface area (Å²) in [6.45, 7) is 2.91. The zero-order valence-corrected chi connectivity index (χ0v) is 6.95. The van der Waals surface area contributed by atoms with Crippen LogP contribution in [0.4, 0.5) is 0 Å². The van der Waals surface area contributed by atoms with Crippen LogP contribution in [0, 0.1) is 0 Å². The van der Waals surface area contributed by atoms with Gasteiger partial charge >= 0.3 is 0 Å². The van der Waals surface area contributed by atoms with Gasteiger partial charge in [0.15, 0.2) is 0 Å². The van der Waals surface area contributed by atoms with E-state index in [1.54, 1.807) is 0 Å². The van der Waals surface area contributed by atoms with E-state index in [0.717, 1.165) is 12.1 Å². The number of carbonyl (C=O) groups excluding carboxylic acids is 1. The number of hydrogen-bond acceptors (Lipinski definition) is 2. The van der Waals surface area contributed by atoms with E-state index in [1.165, 1.54) is 0 Å². The Labute approximate surface area is 70.6 Å². The van der Waals surface area contributed by atoms with Crippen molar-refractivity contribution in [2.45, 2.75) is 25.9 Å². The molecule has 1 aliphatic rings. The number of nitrogens with zero attached hydrogens (tertiary/aromatic N) is 2. The first-order valence-corrected chi connectivity index (χ1v) is 4.11. The summed E-state index contributed by atoms with van der Waals surface area (Å²) in [5, 5.41) is 6.93. The molecule has 0 saturated carbocycles. The van der Waals surface area contributed by atoms with Gasteiger partial charge in [0.25, 0.3) is 0 Å². The molecule has 0 spiro atoms. The minimum atomic E-state index is 0.129. The Hall–Kier alpha value is -1.32. The second-order valence-corrected chi connectivity index (χ2v) is 2.95. The lowest BCUT2D eigenvalue weighted by molar-refractivity contribution is -0.128. The molecule has 2 heterocycles. The predicted octanol–water partition coefficient (Wildman–Crippen LogP) is 0.464. The maximum absolute atomic E-state index is 10.6. The maximum Gasteiger partial charge on any atom is 0.222 e. The van der Waals surface area contributed by atoms with E-state index in [-0.39, 0.29) is 11.9 Å². The fraction of sp³-hybridized carbons (Fsp3) is 0.500. The second-order valence-electron chi connectivity index (χ2n) is 2.95. The number of β-lactam (4-membered cyclic amide) rings is 1. The third-order valence-corrected chi connectivity index (χ3v) is 2.10. The molecule has 1 amide bonds. The van der Waals surface area contributed by atoms with Crippen molar-refractivity contribution in [3.05, 3.63) is 18.0 Å². The maximum atomic E-state index is 10.6. The zero-order valence-electron chi connectivity index (χ0n) is 6.95. The molecule has 4 nitrogen and oxygen atoms in total. The molecule has 12 heavy (non-hydrogen) atoms. The molecule has 2 rings (SSSR count). The minimum Gasteiger partial charge on any atom is -0.349 e. The molecule has 0 aliphatic carbocycles. The van der Waals surface area contributed by atoms with Crippen LogP contribution in [0.1, 0.15) is 24.9 Å². The Kier molecular flexibility index (Phi) is 1.60. The number of carbonyl (C=O) groups is 1. The number of aromatic nitrogens is 2. The van der Waals surface area contributed by atoms with E-state index in [9.17, 15) is 4.79 Å². The van der Waals surface area contributed by atoms with Crippen LogP contribution in [0.25, 0.3) is 0 Å². The van der Waals surface area contributed by atoms with Crippen molar-refractivity contribution in [2.24, 2.45) is 0 Å². The van der Waals surface area contributed by atoms with Crippen LogP contribution >= 0.6 is 0 Å². The van der Waals surface area contributed by atoms with E-state index < -0.39 is 0 Å². The standard InChI is InChI=1S/C8H11N3O/c1-2-11-5-6(4-9-11)7-3-8(12)10-7/h4-5,7H,2-3H2,1H3,(H,10,12). The van der Waals surface area contributed by atoms with Gasteiger partial charge in [-0.15, -0.1) is 0 Å². The van der Waals surface area contributed by atoms with Gasteiger partial charge in [0.05, 0.1) is 18.7 Å². The summed E-state index contributed by atoms with van der Waals surface area (Å²) in [5.74, 6) is 0.129. The van der Waals surface area contributed by atoms with Crippen molar-refractivity contribution in [3.63, 3.8) is 0 Å². The van der Waals surface area contributed by atoms with Crippen molar-refractivity contribution in [2.75, 3.05) is 0 Å². The van der Waals surface area contributed by atoms with Crippen molar-refractivity contribution in [1.29, 1.82) is 0 Å². The average Bonchev–Trinajstić information content (AvgIpc) is 2.46. The first-order chi connectivity index (χ1) is 5.79. The highest BCUT2D eigenvalue weighted by molar-refractivity contribution is 5.83. The van der Waals surface area contributed by atoms with E-state index in [1.807, 2.05) is 24.0 Å². The van der Waals surface area contributed by atoms with Crippen LogP contribution in [-0.2, 0) is 11.3 Å². The Bertz CT molecular complexity index is 297. The Morgan fingerprint density at radius 2 is 2.58 bits per heavy atom. The van der Waals surface area contributed by atoms with Gasteiger partial charge in [0.2, 0.25) is 5.91 Å². The van der Waals surface area contributed by atoms with Crippen molar-refractivity contribution >= 4 is 5.91 Å². The van der Waals surface area contributed by atoms with Gasteiger partial charge in [0, 0.05) is 18.3 Å².